The van der Waals surface area contributed by atoms with Gasteiger partial charge in [-0.15, -0.1) is 11.3 Å². The Bertz CT molecular complexity index is 801. The van der Waals surface area contributed by atoms with Gasteiger partial charge in [-0.25, -0.2) is 9.18 Å². The van der Waals surface area contributed by atoms with Crippen molar-refractivity contribution in [2.45, 2.75) is 38.1 Å². The second-order valence-electron chi connectivity index (χ2n) is 6.26. The normalized spacial score (nSPS) is 15.3. The number of fused-ring (bicyclic) bond motifs is 1. The van der Waals surface area contributed by atoms with Gasteiger partial charge in [0, 0.05) is 23.2 Å². The lowest BCUT2D eigenvalue weighted by Gasteiger charge is -2.31. The molecule has 0 bridgehead atoms. The van der Waals surface area contributed by atoms with Gasteiger partial charge in [0.15, 0.2) is 6.61 Å². The summed E-state index contributed by atoms with van der Waals surface area (Å²) in [6, 6.07) is 4.36. The first-order valence-corrected chi connectivity index (χ1v) is 9.47. The van der Waals surface area contributed by atoms with Crippen LogP contribution >= 0.6 is 22.9 Å². The minimum atomic E-state index is -0.656. The van der Waals surface area contributed by atoms with Crippen LogP contribution in [0.2, 0.25) is 5.02 Å². The van der Waals surface area contributed by atoms with Crippen molar-refractivity contribution in [2.75, 3.05) is 13.7 Å². The first-order valence-electron chi connectivity index (χ1n) is 8.27. The van der Waals surface area contributed by atoms with E-state index in [2.05, 4.69) is 0 Å². The van der Waals surface area contributed by atoms with E-state index in [1.807, 2.05) is 0 Å². The van der Waals surface area contributed by atoms with Crippen LogP contribution in [0.3, 0.4) is 0 Å². The Hall–Kier alpha value is -1.66. The standard InChI is InChI=1S/C18H19ClFNO3S/c1-21(12-5-3-2-4-6-12)15(22)10-24-18(23)17-16(19)13-8-7-11(20)9-14(13)25-17/h7-9,12H,2-6,10H2,1H3. The van der Waals surface area contributed by atoms with Gasteiger partial charge in [0.25, 0.3) is 5.91 Å². The van der Waals surface area contributed by atoms with E-state index < -0.39 is 11.8 Å². The molecule has 1 saturated carbocycles. The number of ether oxygens (including phenoxy) is 1. The van der Waals surface area contributed by atoms with E-state index in [1.54, 1.807) is 11.9 Å². The quantitative estimate of drug-likeness (QED) is 0.722. The second kappa shape index (κ2) is 7.70. The summed E-state index contributed by atoms with van der Waals surface area (Å²) in [5.74, 6) is -1.27. The van der Waals surface area contributed by atoms with Gasteiger partial charge in [0.05, 0.1) is 5.02 Å². The summed E-state index contributed by atoms with van der Waals surface area (Å²) in [5, 5.41) is 0.837. The van der Waals surface area contributed by atoms with E-state index >= 15 is 0 Å². The molecule has 2 aromatic rings. The highest BCUT2D eigenvalue weighted by molar-refractivity contribution is 7.21. The summed E-state index contributed by atoms with van der Waals surface area (Å²) in [4.78, 5) is 26.4. The lowest BCUT2D eigenvalue weighted by Crippen LogP contribution is -2.40. The van der Waals surface area contributed by atoms with Crippen molar-refractivity contribution in [3.05, 3.63) is 33.9 Å². The Morgan fingerprint density at radius 2 is 2.04 bits per heavy atom. The molecule has 1 aromatic heterocycles. The number of esters is 1. The Morgan fingerprint density at radius 1 is 1.32 bits per heavy atom. The highest BCUT2D eigenvalue weighted by Crippen LogP contribution is 2.36. The van der Waals surface area contributed by atoms with Gasteiger partial charge in [-0.1, -0.05) is 30.9 Å². The number of likely N-dealkylation sites (N-methyl/N-ethyl adjacent to an activating group) is 1. The number of carbonyl (C=O) groups is 2. The fraction of sp³-hybridized carbons (Fsp3) is 0.444. The summed E-state index contributed by atoms with van der Waals surface area (Å²) in [7, 11) is 1.75. The minimum Gasteiger partial charge on any atom is -0.451 e. The van der Waals surface area contributed by atoms with Crippen molar-refractivity contribution in [2.24, 2.45) is 0 Å². The smallest absolute Gasteiger partial charge is 0.350 e. The van der Waals surface area contributed by atoms with Crippen LogP contribution in [-0.2, 0) is 9.53 Å². The van der Waals surface area contributed by atoms with Crippen LogP contribution in [0.5, 0.6) is 0 Å². The first kappa shape index (κ1) is 18.1. The molecule has 1 amide bonds. The topological polar surface area (TPSA) is 46.6 Å². The summed E-state index contributed by atoms with van der Waals surface area (Å²) in [6.45, 7) is -0.315. The van der Waals surface area contributed by atoms with Crippen molar-refractivity contribution in [1.29, 1.82) is 0 Å². The molecule has 1 aromatic carbocycles. The minimum absolute atomic E-state index is 0.190. The summed E-state index contributed by atoms with van der Waals surface area (Å²) >= 11 is 7.26. The lowest BCUT2D eigenvalue weighted by atomic mass is 9.94. The van der Waals surface area contributed by atoms with Crippen molar-refractivity contribution in [1.82, 2.24) is 4.90 Å². The maximum atomic E-state index is 13.3. The zero-order chi connectivity index (χ0) is 18.0. The highest BCUT2D eigenvalue weighted by atomic mass is 35.5. The largest absolute Gasteiger partial charge is 0.451 e. The Morgan fingerprint density at radius 3 is 2.76 bits per heavy atom. The molecule has 0 N–H and O–H groups in total. The fourth-order valence-corrected chi connectivity index (χ4v) is 4.56. The van der Waals surface area contributed by atoms with Crippen LogP contribution in [-0.4, -0.2) is 36.5 Å². The maximum absolute atomic E-state index is 13.3. The SMILES string of the molecule is CN(C(=O)COC(=O)c1sc2cc(F)ccc2c1Cl)C1CCCCC1. The fourth-order valence-electron chi connectivity index (χ4n) is 3.14. The van der Waals surface area contributed by atoms with Gasteiger partial charge < -0.3 is 9.64 Å². The van der Waals surface area contributed by atoms with Crippen LogP contribution in [0.1, 0.15) is 41.8 Å². The van der Waals surface area contributed by atoms with Gasteiger partial charge in [-0.2, -0.15) is 0 Å². The van der Waals surface area contributed by atoms with Crippen LogP contribution in [0, 0.1) is 5.82 Å². The monoisotopic (exact) mass is 383 g/mol. The molecular weight excluding hydrogens is 365 g/mol. The molecule has 1 fully saturated rings. The predicted molar refractivity (Wildman–Crippen MR) is 96.7 cm³/mol. The van der Waals surface area contributed by atoms with Crippen molar-refractivity contribution >= 4 is 44.9 Å². The van der Waals surface area contributed by atoms with Crippen molar-refractivity contribution < 1.29 is 18.7 Å². The number of carbonyl (C=O) groups excluding carboxylic acids is 2. The molecule has 0 spiro atoms. The Labute approximate surface area is 154 Å². The third-order valence-corrected chi connectivity index (χ3v) is 6.26. The molecule has 0 unspecified atom stereocenters. The zero-order valence-corrected chi connectivity index (χ0v) is 15.5. The van der Waals surface area contributed by atoms with E-state index in [1.165, 1.54) is 24.6 Å². The van der Waals surface area contributed by atoms with Gasteiger partial charge in [0.1, 0.15) is 10.7 Å². The average Bonchev–Trinajstić information content (AvgIpc) is 2.95. The van der Waals surface area contributed by atoms with Gasteiger partial charge in [-0.3, -0.25) is 4.79 Å². The molecule has 25 heavy (non-hydrogen) atoms. The summed E-state index contributed by atoms with van der Waals surface area (Å²) in [6.07, 6.45) is 5.43. The van der Waals surface area contributed by atoms with E-state index in [4.69, 9.17) is 16.3 Å². The molecule has 1 aliphatic carbocycles. The van der Waals surface area contributed by atoms with E-state index in [9.17, 15) is 14.0 Å². The molecule has 4 nitrogen and oxygen atoms in total. The van der Waals surface area contributed by atoms with Crippen LogP contribution in [0.4, 0.5) is 4.39 Å². The molecule has 3 rings (SSSR count). The van der Waals surface area contributed by atoms with Crippen molar-refractivity contribution in [3.8, 4) is 0 Å². The molecule has 0 radical (unpaired) electrons. The summed E-state index contributed by atoms with van der Waals surface area (Å²) < 4.78 is 19.0. The average molecular weight is 384 g/mol. The van der Waals surface area contributed by atoms with E-state index in [0.717, 1.165) is 37.0 Å². The van der Waals surface area contributed by atoms with Gasteiger partial charge >= 0.3 is 5.97 Å². The molecule has 1 aliphatic rings. The molecule has 7 heteroatoms. The molecule has 0 atom stereocenters. The molecule has 1 heterocycles. The third-order valence-electron chi connectivity index (χ3n) is 4.62. The predicted octanol–water partition coefficient (Wildman–Crippen LogP) is 4.64. The number of rotatable bonds is 4. The number of hydrogen-bond acceptors (Lipinski definition) is 4. The molecule has 0 aliphatic heterocycles. The van der Waals surface area contributed by atoms with E-state index in [-0.39, 0.29) is 28.5 Å². The van der Waals surface area contributed by atoms with Crippen LogP contribution < -0.4 is 0 Å². The Balaban J connectivity index is 1.64. The summed E-state index contributed by atoms with van der Waals surface area (Å²) in [5.41, 5.74) is 0. The number of thiophene rings is 1. The van der Waals surface area contributed by atoms with Gasteiger partial charge in [-0.05, 0) is 31.0 Å². The number of hydrogen-bond donors (Lipinski definition) is 0. The van der Waals surface area contributed by atoms with E-state index in [0.29, 0.717) is 10.1 Å². The third kappa shape index (κ3) is 3.96. The number of benzene rings is 1. The number of halogens is 2. The highest BCUT2D eigenvalue weighted by Gasteiger charge is 2.24. The maximum Gasteiger partial charge on any atom is 0.350 e. The molecule has 134 valence electrons. The first-order chi connectivity index (χ1) is 12.0. The van der Waals surface area contributed by atoms with Crippen LogP contribution in [0.25, 0.3) is 10.1 Å². The van der Waals surface area contributed by atoms with Crippen molar-refractivity contribution in [3.63, 3.8) is 0 Å². The molecular formula is C18H19ClFNO3S. The van der Waals surface area contributed by atoms with Gasteiger partial charge in [0.2, 0.25) is 0 Å². The second-order valence-corrected chi connectivity index (χ2v) is 7.69. The lowest BCUT2D eigenvalue weighted by molar-refractivity contribution is -0.135. The molecule has 0 saturated heterocycles. The zero-order valence-electron chi connectivity index (χ0n) is 13.9. The number of nitrogens with zero attached hydrogens (tertiary/aromatic N) is 1. The Kier molecular flexibility index (Phi) is 5.59. The van der Waals surface area contributed by atoms with Crippen LogP contribution in [0.15, 0.2) is 18.2 Å². The number of amides is 1.